The number of benzene rings is 1. The van der Waals surface area contributed by atoms with Crippen LogP contribution in [0, 0.1) is 17.0 Å². The molecule has 9 nitrogen and oxygen atoms in total. The van der Waals surface area contributed by atoms with Gasteiger partial charge >= 0.3 is 12.1 Å². The summed E-state index contributed by atoms with van der Waals surface area (Å²) in [7, 11) is 0. The zero-order valence-corrected chi connectivity index (χ0v) is 15.2. The van der Waals surface area contributed by atoms with Gasteiger partial charge in [-0.15, -0.1) is 0 Å². The fourth-order valence-electron chi connectivity index (χ4n) is 1.76. The van der Waals surface area contributed by atoms with Crippen molar-refractivity contribution in [2.75, 3.05) is 18.4 Å². The third kappa shape index (κ3) is 7.25. The summed E-state index contributed by atoms with van der Waals surface area (Å²) in [5.74, 6) is 0. The van der Waals surface area contributed by atoms with Crippen molar-refractivity contribution >= 4 is 35.1 Å². The number of amides is 3. The SMILES string of the molecule is Cc1cc([N+](=O)[O-])c(Cl)cc1NC(=O)NCCNC(=O)OC(C)(C)C. The molecule has 0 atom stereocenters. The number of carbonyl (C=O) groups excluding carboxylic acids is 2. The third-order valence-corrected chi connectivity index (χ3v) is 3.12. The fraction of sp³-hybridized carbons (Fsp3) is 0.467. The summed E-state index contributed by atoms with van der Waals surface area (Å²) >= 11 is 5.82. The Morgan fingerprint density at radius 3 is 2.40 bits per heavy atom. The maximum atomic E-state index is 11.8. The van der Waals surface area contributed by atoms with Crippen LogP contribution in [0.5, 0.6) is 0 Å². The maximum absolute atomic E-state index is 11.8. The largest absolute Gasteiger partial charge is 0.444 e. The van der Waals surface area contributed by atoms with E-state index in [9.17, 15) is 19.7 Å². The molecule has 3 N–H and O–H groups in total. The molecule has 10 heteroatoms. The van der Waals surface area contributed by atoms with Gasteiger partial charge in [-0.25, -0.2) is 9.59 Å². The lowest BCUT2D eigenvalue weighted by Gasteiger charge is -2.19. The van der Waals surface area contributed by atoms with Crippen LogP contribution in [0.3, 0.4) is 0 Å². The van der Waals surface area contributed by atoms with Crippen molar-refractivity contribution in [3.63, 3.8) is 0 Å². The Balaban J connectivity index is 2.46. The minimum Gasteiger partial charge on any atom is -0.444 e. The number of hydrogen-bond donors (Lipinski definition) is 3. The molecule has 0 saturated heterocycles. The summed E-state index contributed by atoms with van der Waals surface area (Å²) in [5, 5.41) is 18.3. The van der Waals surface area contributed by atoms with Crippen LogP contribution in [0.25, 0.3) is 0 Å². The number of halogens is 1. The van der Waals surface area contributed by atoms with Crippen molar-refractivity contribution in [2.45, 2.75) is 33.3 Å². The molecule has 25 heavy (non-hydrogen) atoms. The van der Waals surface area contributed by atoms with Crippen LogP contribution >= 0.6 is 11.6 Å². The van der Waals surface area contributed by atoms with Crippen LogP contribution in [0.1, 0.15) is 26.3 Å². The molecule has 0 spiro atoms. The Morgan fingerprint density at radius 1 is 1.24 bits per heavy atom. The summed E-state index contributed by atoms with van der Waals surface area (Å²) < 4.78 is 5.05. The predicted molar refractivity (Wildman–Crippen MR) is 94.1 cm³/mol. The number of urea groups is 1. The first kappa shape index (κ1) is 20.5. The highest BCUT2D eigenvalue weighted by molar-refractivity contribution is 6.33. The van der Waals surface area contributed by atoms with Gasteiger partial charge in [-0.1, -0.05) is 11.6 Å². The molecule has 1 aromatic rings. The van der Waals surface area contributed by atoms with Crippen molar-refractivity contribution < 1.29 is 19.2 Å². The normalized spacial score (nSPS) is 10.8. The molecule has 0 unspecified atom stereocenters. The number of nitro benzene ring substituents is 1. The fourth-order valence-corrected chi connectivity index (χ4v) is 1.99. The zero-order valence-electron chi connectivity index (χ0n) is 14.4. The lowest BCUT2D eigenvalue weighted by molar-refractivity contribution is -0.384. The molecule has 0 saturated carbocycles. The van der Waals surface area contributed by atoms with E-state index in [1.54, 1.807) is 27.7 Å². The van der Waals surface area contributed by atoms with E-state index in [0.717, 1.165) is 0 Å². The van der Waals surface area contributed by atoms with Crippen LogP contribution in [0.4, 0.5) is 21.0 Å². The average molecular weight is 373 g/mol. The number of nitrogens with zero attached hydrogens (tertiary/aromatic N) is 1. The van der Waals surface area contributed by atoms with E-state index in [1.807, 2.05) is 0 Å². The summed E-state index contributed by atoms with van der Waals surface area (Å²) in [4.78, 5) is 33.5. The molecule has 1 rings (SSSR count). The predicted octanol–water partition coefficient (Wildman–Crippen LogP) is 3.20. The summed E-state index contributed by atoms with van der Waals surface area (Å²) in [5.41, 5.74) is 0.0275. The Hall–Kier alpha value is -2.55. The second-order valence-corrected chi connectivity index (χ2v) is 6.59. The van der Waals surface area contributed by atoms with Crippen molar-refractivity contribution in [3.8, 4) is 0 Å². The van der Waals surface area contributed by atoms with Gasteiger partial charge in [-0.2, -0.15) is 0 Å². The first-order valence-electron chi connectivity index (χ1n) is 7.46. The van der Waals surface area contributed by atoms with E-state index in [1.165, 1.54) is 12.1 Å². The number of rotatable bonds is 5. The topological polar surface area (TPSA) is 123 Å². The lowest BCUT2D eigenvalue weighted by atomic mass is 10.2. The van der Waals surface area contributed by atoms with Gasteiger partial charge < -0.3 is 20.7 Å². The molecule has 138 valence electrons. The zero-order chi connectivity index (χ0) is 19.2. The molecule has 0 aliphatic rings. The van der Waals surface area contributed by atoms with Gasteiger partial charge in [-0.05, 0) is 39.3 Å². The molecule has 1 aromatic carbocycles. The minimum absolute atomic E-state index is 0.0718. The Kier molecular flexibility index (Phi) is 6.98. The monoisotopic (exact) mass is 372 g/mol. The number of carbonyl (C=O) groups is 2. The molecule has 0 radical (unpaired) electrons. The smallest absolute Gasteiger partial charge is 0.407 e. The highest BCUT2D eigenvalue weighted by Gasteiger charge is 2.17. The highest BCUT2D eigenvalue weighted by Crippen LogP contribution is 2.30. The first-order chi connectivity index (χ1) is 11.5. The van der Waals surface area contributed by atoms with E-state index in [0.29, 0.717) is 11.3 Å². The van der Waals surface area contributed by atoms with Crippen molar-refractivity contribution in [2.24, 2.45) is 0 Å². The van der Waals surface area contributed by atoms with Gasteiger partial charge in [0.05, 0.1) is 4.92 Å². The average Bonchev–Trinajstić information content (AvgIpc) is 2.45. The van der Waals surface area contributed by atoms with Crippen molar-refractivity contribution in [1.29, 1.82) is 0 Å². The van der Waals surface area contributed by atoms with Gasteiger partial charge in [0.2, 0.25) is 0 Å². The lowest BCUT2D eigenvalue weighted by Crippen LogP contribution is -2.39. The maximum Gasteiger partial charge on any atom is 0.407 e. The number of aryl methyl sites for hydroxylation is 1. The molecule has 0 heterocycles. The van der Waals surface area contributed by atoms with Gasteiger partial charge in [0.1, 0.15) is 10.6 Å². The highest BCUT2D eigenvalue weighted by atomic mass is 35.5. The number of alkyl carbamates (subject to hydrolysis) is 1. The number of nitro groups is 1. The van der Waals surface area contributed by atoms with Gasteiger partial charge in [-0.3, -0.25) is 10.1 Å². The van der Waals surface area contributed by atoms with Crippen LogP contribution in [0.15, 0.2) is 12.1 Å². The van der Waals surface area contributed by atoms with Crippen LogP contribution in [-0.2, 0) is 4.74 Å². The van der Waals surface area contributed by atoms with E-state index >= 15 is 0 Å². The van der Waals surface area contributed by atoms with Crippen LogP contribution in [0.2, 0.25) is 5.02 Å². The number of ether oxygens (including phenoxy) is 1. The molecule has 0 fully saturated rings. The number of nitrogens with one attached hydrogen (secondary N) is 3. The van der Waals surface area contributed by atoms with E-state index in [4.69, 9.17) is 16.3 Å². The first-order valence-corrected chi connectivity index (χ1v) is 7.83. The molecule has 0 aliphatic carbocycles. The molecular weight excluding hydrogens is 352 g/mol. The van der Waals surface area contributed by atoms with Gasteiger partial charge in [0.15, 0.2) is 0 Å². The van der Waals surface area contributed by atoms with Gasteiger partial charge in [0, 0.05) is 24.8 Å². The van der Waals surface area contributed by atoms with Crippen molar-refractivity contribution in [3.05, 3.63) is 32.8 Å². The molecule has 3 amide bonds. The van der Waals surface area contributed by atoms with E-state index in [2.05, 4.69) is 16.0 Å². The number of hydrogen-bond acceptors (Lipinski definition) is 5. The molecule has 0 aliphatic heterocycles. The van der Waals surface area contributed by atoms with Crippen LogP contribution < -0.4 is 16.0 Å². The molecular formula is C15H21ClN4O5. The summed E-state index contributed by atoms with van der Waals surface area (Å²) in [6.07, 6.45) is -0.576. The quantitative estimate of drug-likeness (QED) is 0.416. The summed E-state index contributed by atoms with van der Waals surface area (Å²) in [6.45, 7) is 7.21. The Labute approximate surface area is 150 Å². The van der Waals surface area contributed by atoms with Crippen LogP contribution in [-0.4, -0.2) is 35.7 Å². The number of anilines is 1. The standard InChI is InChI=1S/C15H21ClN4O5/c1-9-7-12(20(23)24)10(16)8-11(9)19-13(21)17-5-6-18-14(22)25-15(2,3)4/h7-8H,5-6H2,1-4H3,(H,18,22)(H2,17,19,21). The second kappa shape index (κ2) is 8.52. The van der Waals surface area contributed by atoms with E-state index in [-0.39, 0.29) is 23.8 Å². The molecule has 0 aromatic heterocycles. The third-order valence-electron chi connectivity index (χ3n) is 2.82. The summed E-state index contributed by atoms with van der Waals surface area (Å²) in [6, 6.07) is 2.06. The minimum atomic E-state index is -0.596. The second-order valence-electron chi connectivity index (χ2n) is 6.19. The van der Waals surface area contributed by atoms with Crippen molar-refractivity contribution in [1.82, 2.24) is 10.6 Å². The van der Waals surface area contributed by atoms with Gasteiger partial charge in [0.25, 0.3) is 5.69 Å². The Morgan fingerprint density at radius 2 is 1.84 bits per heavy atom. The Bertz CT molecular complexity index is 673. The van der Waals surface area contributed by atoms with E-state index < -0.39 is 22.6 Å². The molecule has 0 bridgehead atoms.